The van der Waals surface area contributed by atoms with E-state index in [2.05, 4.69) is 0 Å². The van der Waals surface area contributed by atoms with Gasteiger partial charge in [-0.1, -0.05) is 18.2 Å². The van der Waals surface area contributed by atoms with E-state index in [9.17, 15) is 18.5 Å². The third-order valence-electron chi connectivity index (χ3n) is 4.08. The molecule has 1 atom stereocenters. The maximum atomic E-state index is 10.9. The summed E-state index contributed by atoms with van der Waals surface area (Å²) in [4.78, 5) is 10.3. The summed E-state index contributed by atoms with van der Waals surface area (Å²) in [5.41, 5.74) is 3.25. The molecule has 0 spiro atoms. The van der Waals surface area contributed by atoms with Crippen molar-refractivity contribution in [2.45, 2.75) is 25.9 Å². The van der Waals surface area contributed by atoms with Gasteiger partial charge in [0.25, 0.3) is 15.8 Å². The molecule has 0 saturated carbocycles. The molecule has 9 heteroatoms. The van der Waals surface area contributed by atoms with Crippen molar-refractivity contribution in [2.75, 3.05) is 5.75 Å². The fourth-order valence-electron chi connectivity index (χ4n) is 2.68. The van der Waals surface area contributed by atoms with Crippen LogP contribution in [0.1, 0.15) is 28.5 Å². The molecule has 2 aromatic rings. The molecule has 2 aromatic carbocycles. The maximum absolute atomic E-state index is 10.9. The van der Waals surface area contributed by atoms with Crippen molar-refractivity contribution in [3.63, 3.8) is 0 Å². The van der Waals surface area contributed by atoms with Crippen LogP contribution in [-0.4, -0.2) is 23.6 Å². The average Bonchev–Trinajstić information content (AvgIpc) is 2.81. The van der Waals surface area contributed by atoms with Crippen molar-refractivity contribution in [2.24, 2.45) is 0 Å². The third kappa shape index (κ3) is 4.64. The van der Waals surface area contributed by atoms with E-state index in [1.807, 2.05) is 12.1 Å². The van der Waals surface area contributed by atoms with Crippen molar-refractivity contribution >= 4 is 15.8 Å². The van der Waals surface area contributed by atoms with Gasteiger partial charge in [0.2, 0.25) is 0 Å². The molecule has 1 heterocycles. The first-order valence-electron chi connectivity index (χ1n) is 7.85. The molecule has 0 aromatic heterocycles. The Morgan fingerprint density at radius 1 is 1.08 bits per heavy atom. The van der Waals surface area contributed by atoms with Gasteiger partial charge in [-0.2, -0.15) is 8.42 Å². The van der Waals surface area contributed by atoms with Crippen LogP contribution in [0.3, 0.4) is 0 Å². The quantitative estimate of drug-likeness (QED) is 0.482. The SMILES string of the molecule is O=[N+]([O-])c1ccc(C2OCc3ccc(CCS(=O)(=O)O)cc3CO2)cc1. The van der Waals surface area contributed by atoms with Gasteiger partial charge in [0.1, 0.15) is 0 Å². The number of nitrogens with zero attached hydrogens (tertiary/aromatic N) is 1. The van der Waals surface area contributed by atoms with Crippen molar-refractivity contribution in [1.29, 1.82) is 0 Å². The van der Waals surface area contributed by atoms with Crippen LogP contribution in [-0.2, 0) is 39.2 Å². The monoisotopic (exact) mass is 379 g/mol. The van der Waals surface area contributed by atoms with E-state index in [0.29, 0.717) is 12.2 Å². The Morgan fingerprint density at radius 2 is 1.73 bits per heavy atom. The summed E-state index contributed by atoms with van der Waals surface area (Å²) in [7, 11) is -4.01. The lowest BCUT2D eigenvalue weighted by Gasteiger charge is -2.15. The van der Waals surface area contributed by atoms with E-state index in [1.165, 1.54) is 12.1 Å². The smallest absolute Gasteiger partial charge is 0.269 e. The summed E-state index contributed by atoms with van der Waals surface area (Å²) < 4.78 is 42.1. The number of nitro groups is 1. The van der Waals surface area contributed by atoms with Gasteiger partial charge in [0.15, 0.2) is 6.29 Å². The molecule has 0 radical (unpaired) electrons. The van der Waals surface area contributed by atoms with Crippen LogP contribution < -0.4 is 0 Å². The fourth-order valence-corrected chi connectivity index (χ4v) is 3.18. The Labute approximate surface area is 150 Å². The molecule has 0 amide bonds. The van der Waals surface area contributed by atoms with Crippen molar-refractivity contribution < 1.29 is 27.4 Å². The number of non-ortho nitro benzene ring substituents is 1. The van der Waals surface area contributed by atoms with Crippen LogP contribution >= 0.6 is 0 Å². The van der Waals surface area contributed by atoms with Gasteiger partial charge in [-0.3, -0.25) is 14.7 Å². The highest BCUT2D eigenvalue weighted by Gasteiger charge is 2.20. The maximum Gasteiger partial charge on any atom is 0.269 e. The number of fused-ring (bicyclic) bond motifs is 1. The Kier molecular flexibility index (Phi) is 5.33. The van der Waals surface area contributed by atoms with E-state index >= 15 is 0 Å². The summed E-state index contributed by atoms with van der Waals surface area (Å²) >= 11 is 0. The van der Waals surface area contributed by atoms with Gasteiger partial charge in [0.05, 0.1) is 23.9 Å². The molecular weight excluding hydrogens is 362 g/mol. The first-order chi connectivity index (χ1) is 12.3. The fraction of sp³-hybridized carbons (Fsp3) is 0.294. The van der Waals surface area contributed by atoms with Crippen molar-refractivity contribution in [3.05, 3.63) is 74.8 Å². The predicted octanol–water partition coefficient (Wildman–Crippen LogP) is 2.77. The number of hydrogen-bond acceptors (Lipinski definition) is 6. The minimum Gasteiger partial charge on any atom is -0.344 e. The normalized spacial score (nSPS) is 17.3. The largest absolute Gasteiger partial charge is 0.344 e. The van der Waals surface area contributed by atoms with Crippen LogP contribution in [0.5, 0.6) is 0 Å². The molecule has 0 aliphatic carbocycles. The highest BCUT2D eigenvalue weighted by atomic mass is 32.2. The lowest BCUT2D eigenvalue weighted by atomic mass is 10.0. The van der Waals surface area contributed by atoms with Crippen molar-refractivity contribution in [1.82, 2.24) is 0 Å². The lowest BCUT2D eigenvalue weighted by molar-refractivity contribution is -0.384. The summed E-state index contributed by atoms with van der Waals surface area (Å²) in [5, 5.41) is 10.7. The summed E-state index contributed by atoms with van der Waals surface area (Å²) in [5.74, 6) is -0.339. The van der Waals surface area contributed by atoms with Gasteiger partial charge >= 0.3 is 0 Å². The number of hydrogen-bond donors (Lipinski definition) is 1. The molecule has 0 saturated heterocycles. The van der Waals surface area contributed by atoms with E-state index in [1.54, 1.807) is 18.2 Å². The zero-order valence-corrected chi connectivity index (χ0v) is 14.5. The molecule has 0 fully saturated rings. The first kappa shape index (κ1) is 18.5. The topological polar surface area (TPSA) is 116 Å². The van der Waals surface area contributed by atoms with Gasteiger partial charge in [0, 0.05) is 17.7 Å². The van der Waals surface area contributed by atoms with Gasteiger partial charge in [-0.05, 0) is 35.2 Å². The standard InChI is InChI=1S/C17H17NO7S/c19-18(20)16-5-3-13(4-6-16)17-24-10-14-2-1-12(7-8-26(21,22)23)9-15(14)11-25-17/h1-6,9,17H,7-8,10-11H2,(H,21,22,23). The third-order valence-corrected chi connectivity index (χ3v) is 4.80. The van der Waals surface area contributed by atoms with Crippen LogP contribution in [0, 0.1) is 10.1 Å². The highest BCUT2D eigenvalue weighted by molar-refractivity contribution is 7.85. The lowest BCUT2D eigenvalue weighted by Crippen LogP contribution is -2.07. The molecule has 8 nitrogen and oxygen atoms in total. The zero-order valence-electron chi connectivity index (χ0n) is 13.7. The van der Waals surface area contributed by atoms with E-state index in [-0.39, 0.29) is 24.5 Å². The predicted molar refractivity (Wildman–Crippen MR) is 92.0 cm³/mol. The molecular formula is C17H17NO7S. The molecule has 26 heavy (non-hydrogen) atoms. The summed E-state index contributed by atoms with van der Waals surface area (Å²) in [6, 6.07) is 11.4. The zero-order chi connectivity index (χ0) is 18.7. The summed E-state index contributed by atoms with van der Waals surface area (Å²) in [6.07, 6.45) is -0.442. The molecule has 1 N–H and O–H groups in total. The highest BCUT2D eigenvalue weighted by Crippen LogP contribution is 2.29. The second-order valence-electron chi connectivity index (χ2n) is 5.94. The molecule has 1 aliphatic rings. The first-order valence-corrected chi connectivity index (χ1v) is 9.46. The van der Waals surface area contributed by atoms with Crippen LogP contribution in [0.25, 0.3) is 0 Å². The van der Waals surface area contributed by atoms with Gasteiger partial charge < -0.3 is 9.47 Å². The number of aryl methyl sites for hydroxylation is 1. The van der Waals surface area contributed by atoms with Gasteiger partial charge in [-0.25, -0.2) is 0 Å². The van der Waals surface area contributed by atoms with Gasteiger partial charge in [-0.15, -0.1) is 0 Å². The molecule has 3 rings (SSSR count). The van der Waals surface area contributed by atoms with E-state index in [4.69, 9.17) is 14.0 Å². The summed E-state index contributed by atoms with van der Waals surface area (Å²) in [6.45, 7) is 0.562. The Balaban J connectivity index is 1.71. The van der Waals surface area contributed by atoms with Crippen LogP contribution in [0.4, 0.5) is 5.69 Å². The number of nitro benzene ring substituents is 1. The molecule has 138 valence electrons. The molecule has 0 bridgehead atoms. The Hall–Kier alpha value is -2.33. The molecule has 1 aliphatic heterocycles. The minimum absolute atomic E-state index is 0.00543. The van der Waals surface area contributed by atoms with E-state index < -0.39 is 21.3 Å². The number of ether oxygens (including phenoxy) is 2. The van der Waals surface area contributed by atoms with E-state index in [0.717, 1.165) is 16.7 Å². The van der Waals surface area contributed by atoms with Crippen LogP contribution in [0.15, 0.2) is 42.5 Å². The minimum atomic E-state index is -4.01. The molecule has 1 unspecified atom stereocenters. The average molecular weight is 379 g/mol. The Morgan fingerprint density at radius 3 is 2.35 bits per heavy atom. The van der Waals surface area contributed by atoms with Crippen LogP contribution in [0.2, 0.25) is 0 Å². The number of rotatable bonds is 5. The Bertz CT molecular complexity index is 909. The van der Waals surface area contributed by atoms with Crippen molar-refractivity contribution in [3.8, 4) is 0 Å². The second kappa shape index (κ2) is 7.50. The second-order valence-corrected chi connectivity index (χ2v) is 7.51. The number of benzene rings is 2.